The van der Waals surface area contributed by atoms with E-state index in [9.17, 15) is 13.2 Å². The number of benzene rings is 2. The molecule has 1 amide bonds. The van der Waals surface area contributed by atoms with E-state index >= 15 is 0 Å². The molecule has 0 aliphatic carbocycles. The molecule has 0 aliphatic rings. The van der Waals surface area contributed by atoms with Crippen molar-refractivity contribution in [1.82, 2.24) is 9.21 Å². The van der Waals surface area contributed by atoms with Gasteiger partial charge in [-0.15, -0.1) is 0 Å². The van der Waals surface area contributed by atoms with Crippen molar-refractivity contribution < 1.29 is 13.2 Å². The molecule has 6 nitrogen and oxygen atoms in total. The van der Waals surface area contributed by atoms with Crippen molar-refractivity contribution in [2.75, 3.05) is 32.0 Å². The number of rotatable bonds is 9. The Balaban J connectivity index is 1.95. The first-order chi connectivity index (χ1) is 13.3. The zero-order chi connectivity index (χ0) is 20.7. The summed E-state index contributed by atoms with van der Waals surface area (Å²) in [5.74, 6) is -0.177. The smallest absolute Gasteiger partial charge is 0.243 e. The molecule has 2 rings (SSSR count). The number of sulfonamides is 1. The second-order valence-corrected chi connectivity index (χ2v) is 8.84. The van der Waals surface area contributed by atoms with Crippen LogP contribution in [0.5, 0.6) is 0 Å². The van der Waals surface area contributed by atoms with Crippen molar-refractivity contribution in [2.24, 2.45) is 0 Å². The molecule has 152 valence electrons. The first-order valence-corrected chi connectivity index (χ1v) is 10.9. The molecule has 0 aliphatic heterocycles. The van der Waals surface area contributed by atoms with Crippen LogP contribution < -0.4 is 5.32 Å². The van der Waals surface area contributed by atoms with Gasteiger partial charge in [-0.2, -0.15) is 4.31 Å². The van der Waals surface area contributed by atoms with Crippen LogP contribution in [0.2, 0.25) is 5.02 Å². The number of amides is 1. The second-order valence-electron chi connectivity index (χ2n) is 6.46. The van der Waals surface area contributed by atoms with E-state index in [0.29, 0.717) is 30.3 Å². The molecule has 1 N–H and O–H groups in total. The van der Waals surface area contributed by atoms with Crippen LogP contribution in [0.25, 0.3) is 0 Å². The number of likely N-dealkylation sites (N-methyl/N-ethyl adjacent to an activating group) is 1. The molecule has 8 heteroatoms. The Morgan fingerprint density at radius 3 is 2.29 bits per heavy atom. The fourth-order valence-electron chi connectivity index (χ4n) is 2.87. The van der Waals surface area contributed by atoms with E-state index in [0.717, 1.165) is 5.56 Å². The maximum absolute atomic E-state index is 12.5. The lowest BCUT2D eigenvalue weighted by Crippen LogP contribution is -2.31. The summed E-state index contributed by atoms with van der Waals surface area (Å²) >= 11 is 5.98. The SMILES string of the molecule is CCN(CC)S(=O)(=O)c1ccc(NC(=O)CN(C)Cc2cccc(Cl)c2)cc1. The minimum Gasteiger partial charge on any atom is -0.325 e. The van der Waals surface area contributed by atoms with Gasteiger partial charge in [-0.3, -0.25) is 9.69 Å². The van der Waals surface area contributed by atoms with E-state index in [2.05, 4.69) is 5.32 Å². The number of hydrogen-bond donors (Lipinski definition) is 1. The van der Waals surface area contributed by atoms with Gasteiger partial charge < -0.3 is 5.32 Å². The van der Waals surface area contributed by atoms with E-state index in [1.807, 2.05) is 36.2 Å². The maximum Gasteiger partial charge on any atom is 0.243 e. The van der Waals surface area contributed by atoms with Gasteiger partial charge in [0, 0.05) is 30.3 Å². The third-order valence-corrected chi connectivity index (χ3v) is 6.54. The molecule has 0 atom stereocenters. The molecule has 0 spiro atoms. The van der Waals surface area contributed by atoms with Crippen LogP contribution in [0.1, 0.15) is 19.4 Å². The van der Waals surface area contributed by atoms with Gasteiger partial charge in [0.15, 0.2) is 0 Å². The Bertz CT molecular complexity index is 897. The maximum atomic E-state index is 12.5. The van der Waals surface area contributed by atoms with Gasteiger partial charge in [-0.05, 0) is 49.0 Å². The fraction of sp³-hybridized carbons (Fsp3) is 0.350. The molecule has 0 fully saturated rings. The monoisotopic (exact) mass is 423 g/mol. The highest BCUT2D eigenvalue weighted by atomic mass is 35.5. The van der Waals surface area contributed by atoms with Crippen LogP contribution >= 0.6 is 11.6 Å². The summed E-state index contributed by atoms with van der Waals surface area (Å²) in [6.45, 7) is 5.22. The predicted octanol–water partition coefficient (Wildman–Crippen LogP) is 3.44. The largest absolute Gasteiger partial charge is 0.325 e. The van der Waals surface area contributed by atoms with E-state index in [4.69, 9.17) is 11.6 Å². The molecule has 28 heavy (non-hydrogen) atoms. The Kier molecular flexibility index (Phi) is 8.00. The van der Waals surface area contributed by atoms with Crippen molar-refractivity contribution in [3.63, 3.8) is 0 Å². The van der Waals surface area contributed by atoms with Crippen LogP contribution in [0.3, 0.4) is 0 Å². The molecule has 0 saturated carbocycles. The number of halogens is 1. The Hall–Kier alpha value is -1.93. The van der Waals surface area contributed by atoms with Gasteiger partial charge in [0.25, 0.3) is 0 Å². The number of hydrogen-bond acceptors (Lipinski definition) is 4. The van der Waals surface area contributed by atoms with Crippen molar-refractivity contribution in [1.29, 1.82) is 0 Å². The van der Waals surface area contributed by atoms with Crippen LogP contribution in [0.15, 0.2) is 53.4 Å². The van der Waals surface area contributed by atoms with Crippen molar-refractivity contribution in [3.05, 3.63) is 59.1 Å². The average molecular weight is 424 g/mol. The van der Waals surface area contributed by atoms with Gasteiger partial charge in [-0.25, -0.2) is 8.42 Å². The fourth-order valence-corrected chi connectivity index (χ4v) is 4.54. The summed E-state index contributed by atoms with van der Waals surface area (Å²) in [4.78, 5) is 14.3. The summed E-state index contributed by atoms with van der Waals surface area (Å²) < 4.78 is 26.4. The predicted molar refractivity (Wildman–Crippen MR) is 113 cm³/mol. The molecule has 0 aromatic heterocycles. The first kappa shape index (κ1) is 22.4. The molecule has 2 aromatic carbocycles. The summed E-state index contributed by atoms with van der Waals surface area (Å²) in [5, 5.41) is 3.45. The summed E-state index contributed by atoms with van der Waals surface area (Å²) in [6.07, 6.45) is 0. The van der Waals surface area contributed by atoms with E-state index in [-0.39, 0.29) is 17.3 Å². The number of nitrogens with zero attached hydrogens (tertiary/aromatic N) is 2. The molecule has 0 unspecified atom stereocenters. The molecule has 0 bridgehead atoms. The third-order valence-electron chi connectivity index (χ3n) is 4.24. The summed E-state index contributed by atoms with van der Waals surface area (Å²) in [7, 11) is -1.65. The minimum absolute atomic E-state index is 0.177. The molecule has 0 saturated heterocycles. The van der Waals surface area contributed by atoms with Gasteiger partial charge in [0.05, 0.1) is 11.4 Å². The normalized spacial score (nSPS) is 11.8. The molecule has 0 heterocycles. The minimum atomic E-state index is -3.50. The van der Waals surface area contributed by atoms with E-state index < -0.39 is 10.0 Å². The lowest BCUT2D eigenvalue weighted by molar-refractivity contribution is -0.117. The molecular weight excluding hydrogens is 398 g/mol. The quantitative estimate of drug-likeness (QED) is 0.670. The summed E-state index contributed by atoms with van der Waals surface area (Å²) in [6, 6.07) is 13.7. The number of carbonyl (C=O) groups excluding carboxylic acids is 1. The van der Waals surface area contributed by atoms with Gasteiger partial charge in [-0.1, -0.05) is 37.6 Å². The van der Waals surface area contributed by atoms with Gasteiger partial charge >= 0.3 is 0 Å². The summed E-state index contributed by atoms with van der Waals surface area (Å²) in [5.41, 5.74) is 1.58. The number of nitrogens with one attached hydrogen (secondary N) is 1. The highest BCUT2D eigenvalue weighted by Crippen LogP contribution is 2.18. The Labute approximate surface area is 172 Å². The standard InChI is InChI=1S/C20H26ClN3O3S/c1-4-24(5-2)28(26,27)19-11-9-18(10-12-19)22-20(25)15-23(3)14-16-7-6-8-17(21)13-16/h6-13H,4-5,14-15H2,1-3H3,(H,22,25). The second kappa shape index (κ2) is 10.0. The highest BCUT2D eigenvalue weighted by Gasteiger charge is 2.21. The average Bonchev–Trinajstić information content (AvgIpc) is 2.62. The highest BCUT2D eigenvalue weighted by molar-refractivity contribution is 7.89. The zero-order valence-corrected chi connectivity index (χ0v) is 17.9. The van der Waals surface area contributed by atoms with Crippen molar-refractivity contribution >= 4 is 33.2 Å². The lowest BCUT2D eigenvalue weighted by atomic mass is 10.2. The molecular formula is C20H26ClN3O3S. The zero-order valence-electron chi connectivity index (χ0n) is 16.4. The van der Waals surface area contributed by atoms with Gasteiger partial charge in [0.1, 0.15) is 0 Å². The van der Waals surface area contributed by atoms with Crippen LogP contribution in [-0.4, -0.2) is 50.2 Å². The van der Waals surface area contributed by atoms with Gasteiger partial charge in [0.2, 0.25) is 15.9 Å². The Morgan fingerprint density at radius 2 is 1.71 bits per heavy atom. The topological polar surface area (TPSA) is 69.7 Å². The third kappa shape index (κ3) is 6.04. The van der Waals surface area contributed by atoms with E-state index in [1.54, 1.807) is 26.0 Å². The van der Waals surface area contributed by atoms with Crippen LogP contribution in [-0.2, 0) is 21.4 Å². The molecule has 0 radical (unpaired) electrons. The lowest BCUT2D eigenvalue weighted by Gasteiger charge is -2.19. The number of carbonyl (C=O) groups is 1. The van der Waals surface area contributed by atoms with Crippen LogP contribution in [0.4, 0.5) is 5.69 Å². The van der Waals surface area contributed by atoms with E-state index in [1.165, 1.54) is 16.4 Å². The number of anilines is 1. The van der Waals surface area contributed by atoms with Crippen molar-refractivity contribution in [3.8, 4) is 0 Å². The van der Waals surface area contributed by atoms with Crippen LogP contribution in [0, 0.1) is 0 Å². The first-order valence-electron chi connectivity index (χ1n) is 9.09. The molecule has 2 aromatic rings. The Morgan fingerprint density at radius 1 is 1.07 bits per heavy atom. The van der Waals surface area contributed by atoms with Crippen molar-refractivity contribution in [2.45, 2.75) is 25.3 Å².